The van der Waals surface area contributed by atoms with Crippen molar-refractivity contribution in [3.05, 3.63) is 0 Å². The van der Waals surface area contributed by atoms with Gasteiger partial charge in [-0.25, -0.2) is 0 Å². The molecule has 2 N–H and O–H groups in total. The summed E-state index contributed by atoms with van der Waals surface area (Å²) >= 11 is 4.06. The number of rotatable bonds is 1. The van der Waals surface area contributed by atoms with Crippen molar-refractivity contribution in [1.29, 1.82) is 0 Å². The quantitative estimate of drug-likeness (QED) is 0.600. The van der Waals surface area contributed by atoms with E-state index in [0.717, 1.165) is 11.9 Å². The van der Waals surface area contributed by atoms with Gasteiger partial charge in [-0.3, -0.25) is 0 Å². The Bertz CT molecular complexity index is 94.3. The zero-order valence-corrected chi connectivity index (χ0v) is 7.43. The molecule has 0 radical (unpaired) electrons. The highest BCUT2D eigenvalue weighted by Crippen LogP contribution is 2.22. The SMILES string of the molecule is C1CSC(C2CSCN2)N1. The summed E-state index contributed by atoms with van der Waals surface area (Å²) in [6, 6.07) is 0.720. The van der Waals surface area contributed by atoms with Gasteiger partial charge in [0.2, 0.25) is 0 Å². The highest BCUT2D eigenvalue weighted by Gasteiger charge is 2.27. The van der Waals surface area contributed by atoms with Gasteiger partial charge in [-0.2, -0.15) is 0 Å². The Morgan fingerprint density at radius 1 is 1.30 bits per heavy atom. The average Bonchev–Trinajstić information content (AvgIpc) is 2.59. The molecule has 0 aromatic rings. The van der Waals surface area contributed by atoms with Crippen molar-refractivity contribution >= 4 is 23.5 Å². The van der Waals surface area contributed by atoms with Crippen LogP contribution in [-0.2, 0) is 0 Å². The highest BCUT2D eigenvalue weighted by atomic mass is 32.2. The fraction of sp³-hybridized carbons (Fsp3) is 1.00. The van der Waals surface area contributed by atoms with E-state index in [4.69, 9.17) is 0 Å². The van der Waals surface area contributed by atoms with Crippen LogP contribution in [0.4, 0.5) is 0 Å². The summed E-state index contributed by atoms with van der Waals surface area (Å²) in [5.74, 6) is 3.71. The average molecular weight is 176 g/mol. The summed E-state index contributed by atoms with van der Waals surface area (Å²) in [6.07, 6.45) is 0. The van der Waals surface area contributed by atoms with Gasteiger partial charge in [-0.1, -0.05) is 0 Å². The van der Waals surface area contributed by atoms with Crippen molar-refractivity contribution in [2.24, 2.45) is 0 Å². The minimum atomic E-state index is 0.690. The maximum atomic E-state index is 3.49. The molecule has 2 aliphatic rings. The smallest absolute Gasteiger partial charge is 0.0696 e. The molecular formula is C6H12N2S2. The first-order chi connectivity index (χ1) is 4.97. The molecule has 0 spiro atoms. The molecule has 0 bridgehead atoms. The summed E-state index contributed by atoms with van der Waals surface area (Å²) < 4.78 is 0. The highest BCUT2D eigenvalue weighted by molar-refractivity contribution is 8.01. The molecule has 2 fully saturated rings. The molecule has 2 saturated heterocycles. The van der Waals surface area contributed by atoms with E-state index in [-0.39, 0.29) is 0 Å². The second-order valence-corrected chi connectivity index (χ2v) is 4.85. The molecule has 2 atom stereocenters. The third-order valence-corrected chi connectivity index (χ3v) is 4.12. The molecule has 58 valence electrons. The van der Waals surface area contributed by atoms with Crippen LogP contribution < -0.4 is 10.6 Å². The van der Waals surface area contributed by atoms with Gasteiger partial charge in [0.1, 0.15) is 0 Å². The molecule has 0 aliphatic carbocycles. The Hall–Kier alpha value is 0.620. The Morgan fingerprint density at radius 3 is 2.90 bits per heavy atom. The van der Waals surface area contributed by atoms with E-state index in [9.17, 15) is 0 Å². The topological polar surface area (TPSA) is 24.1 Å². The van der Waals surface area contributed by atoms with E-state index in [0.29, 0.717) is 5.37 Å². The van der Waals surface area contributed by atoms with Crippen molar-refractivity contribution in [2.75, 3.05) is 23.9 Å². The van der Waals surface area contributed by atoms with Crippen molar-refractivity contribution in [2.45, 2.75) is 11.4 Å². The molecule has 0 aromatic carbocycles. The van der Waals surface area contributed by atoms with Gasteiger partial charge in [0.05, 0.1) is 5.37 Å². The van der Waals surface area contributed by atoms with Crippen molar-refractivity contribution in [1.82, 2.24) is 10.6 Å². The van der Waals surface area contributed by atoms with Crippen LogP contribution >= 0.6 is 23.5 Å². The summed E-state index contributed by atoms with van der Waals surface area (Å²) in [5, 5.41) is 7.65. The summed E-state index contributed by atoms with van der Waals surface area (Å²) in [4.78, 5) is 0. The number of thioether (sulfide) groups is 2. The molecular weight excluding hydrogens is 164 g/mol. The van der Waals surface area contributed by atoms with Gasteiger partial charge >= 0.3 is 0 Å². The van der Waals surface area contributed by atoms with Crippen LogP contribution in [0.3, 0.4) is 0 Å². The number of hydrogen-bond acceptors (Lipinski definition) is 4. The van der Waals surface area contributed by atoms with Crippen LogP contribution in [0, 0.1) is 0 Å². The fourth-order valence-electron chi connectivity index (χ4n) is 1.31. The number of hydrogen-bond donors (Lipinski definition) is 2. The first kappa shape index (κ1) is 7.28. The zero-order valence-electron chi connectivity index (χ0n) is 5.80. The molecule has 4 heteroatoms. The van der Waals surface area contributed by atoms with Gasteiger partial charge < -0.3 is 10.6 Å². The Kier molecular flexibility index (Phi) is 2.43. The maximum absolute atomic E-state index is 3.49. The van der Waals surface area contributed by atoms with Gasteiger partial charge in [0, 0.05) is 30.0 Å². The van der Waals surface area contributed by atoms with E-state index < -0.39 is 0 Å². The lowest BCUT2D eigenvalue weighted by Gasteiger charge is -2.16. The predicted octanol–water partition coefficient (Wildman–Crippen LogP) is 0.311. The summed E-state index contributed by atoms with van der Waals surface area (Å²) in [6.45, 7) is 1.19. The zero-order chi connectivity index (χ0) is 6.81. The molecule has 2 aliphatic heterocycles. The monoisotopic (exact) mass is 176 g/mol. The minimum absolute atomic E-state index is 0.690. The normalized spacial score (nSPS) is 40.8. The predicted molar refractivity (Wildman–Crippen MR) is 48.5 cm³/mol. The largest absolute Gasteiger partial charge is 0.303 e. The second-order valence-electron chi connectivity index (χ2n) is 2.57. The molecule has 0 amide bonds. The molecule has 10 heavy (non-hydrogen) atoms. The molecule has 2 rings (SSSR count). The molecule has 0 aromatic heterocycles. The van der Waals surface area contributed by atoms with E-state index >= 15 is 0 Å². The van der Waals surface area contributed by atoms with E-state index in [2.05, 4.69) is 22.4 Å². The molecule has 0 saturated carbocycles. The lowest BCUT2D eigenvalue weighted by molar-refractivity contribution is 0.550. The van der Waals surface area contributed by atoms with Crippen molar-refractivity contribution in [3.63, 3.8) is 0 Å². The lowest BCUT2D eigenvalue weighted by Crippen LogP contribution is -2.40. The van der Waals surface area contributed by atoms with Crippen LogP contribution in [0.5, 0.6) is 0 Å². The number of nitrogens with one attached hydrogen (secondary N) is 2. The Morgan fingerprint density at radius 2 is 2.30 bits per heavy atom. The van der Waals surface area contributed by atoms with Crippen LogP contribution in [0.25, 0.3) is 0 Å². The summed E-state index contributed by atoms with van der Waals surface area (Å²) in [7, 11) is 0. The molecule has 2 nitrogen and oxygen atoms in total. The van der Waals surface area contributed by atoms with E-state index in [1.54, 1.807) is 0 Å². The van der Waals surface area contributed by atoms with E-state index in [1.807, 2.05) is 11.8 Å². The molecule has 2 heterocycles. The summed E-state index contributed by atoms with van der Waals surface area (Å²) in [5.41, 5.74) is 0. The van der Waals surface area contributed by atoms with Crippen molar-refractivity contribution < 1.29 is 0 Å². The van der Waals surface area contributed by atoms with Gasteiger partial charge in [0.25, 0.3) is 0 Å². The second kappa shape index (κ2) is 3.34. The van der Waals surface area contributed by atoms with Crippen LogP contribution in [0.2, 0.25) is 0 Å². The van der Waals surface area contributed by atoms with E-state index in [1.165, 1.54) is 18.1 Å². The van der Waals surface area contributed by atoms with Crippen LogP contribution in [0.15, 0.2) is 0 Å². The Labute approximate surface area is 69.9 Å². The third kappa shape index (κ3) is 1.44. The van der Waals surface area contributed by atoms with Crippen LogP contribution in [-0.4, -0.2) is 35.3 Å². The first-order valence-corrected chi connectivity index (χ1v) is 5.83. The van der Waals surface area contributed by atoms with Crippen molar-refractivity contribution in [3.8, 4) is 0 Å². The minimum Gasteiger partial charge on any atom is -0.303 e. The third-order valence-electron chi connectivity index (χ3n) is 1.86. The van der Waals surface area contributed by atoms with Gasteiger partial charge in [-0.15, -0.1) is 23.5 Å². The van der Waals surface area contributed by atoms with Gasteiger partial charge in [0.15, 0.2) is 0 Å². The first-order valence-electron chi connectivity index (χ1n) is 3.63. The fourth-order valence-corrected chi connectivity index (χ4v) is 3.60. The molecule has 2 unspecified atom stereocenters. The maximum Gasteiger partial charge on any atom is 0.0696 e. The lowest BCUT2D eigenvalue weighted by atomic mass is 10.3. The van der Waals surface area contributed by atoms with Gasteiger partial charge in [-0.05, 0) is 0 Å². The van der Waals surface area contributed by atoms with Crippen LogP contribution in [0.1, 0.15) is 0 Å². The Balaban J connectivity index is 1.85. The standard InChI is InChI=1S/C6H12N2S2/c1-2-10-6(7-1)5-3-9-4-8-5/h5-8H,1-4H2.